The molecule has 2 aromatic rings. The maximum absolute atomic E-state index is 12.8. The summed E-state index contributed by atoms with van der Waals surface area (Å²) in [6.07, 6.45) is 6.41. The number of carbonyl (C=O) groups excluding carboxylic acids is 1. The van der Waals surface area contributed by atoms with Crippen molar-refractivity contribution in [2.75, 3.05) is 0 Å². The molecular weight excluding hydrogens is 303 g/mol. The lowest BCUT2D eigenvalue weighted by Crippen LogP contribution is -2.42. The van der Waals surface area contributed by atoms with Crippen LogP contribution in [0.15, 0.2) is 24.5 Å². The minimum atomic E-state index is -0.519. The molecule has 2 aliphatic rings. The number of amides is 1. The zero-order chi connectivity index (χ0) is 15.1. The van der Waals surface area contributed by atoms with Gasteiger partial charge in [-0.25, -0.2) is 9.97 Å². The number of hydrogen-bond donors (Lipinski definition) is 2. The Labute approximate surface area is 131 Å². The standard InChI is InChI=1S/C15H15FN4OS/c16-13-4-1-8(6-17-13)12-7-18-15(22-12)14(21)20-11-5-9-2-3-10(11)19-9/h1,4,6-7,9-11,19H,2-3,5H2,(H,20,21)/t9-,10+,11-/m1/s1. The molecule has 4 heterocycles. The SMILES string of the molecule is O=C(N[C@@H]1C[C@H]2CC[C@@H]1N2)c1ncc(-c2ccc(F)nc2)s1. The molecule has 0 unspecified atom stereocenters. The minimum Gasteiger partial charge on any atom is -0.346 e. The van der Waals surface area contributed by atoms with E-state index in [9.17, 15) is 9.18 Å². The Morgan fingerprint density at radius 2 is 2.23 bits per heavy atom. The number of halogens is 1. The lowest BCUT2D eigenvalue weighted by Gasteiger charge is -2.20. The van der Waals surface area contributed by atoms with E-state index in [2.05, 4.69) is 20.6 Å². The van der Waals surface area contributed by atoms with Crippen LogP contribution >= 0.6 is 11.3 Å². The second kappa shape index (κ2) is 5.40. The molecule has 0 spiro atoms. The number of thiazole rings is 1. The fourth-order valence-electron chi connectivity index (χ4n) is 3.25. The van der Waals surface area contributed by atoms with Crippen LogP contribution in [-0.4, -0.2) is 34.0 Å². The van der Waals surface area contributed by atoms with E-state index in [1.54, 1.807) is 12.3 Å². The zero-order valence-electron chi connectivity index (χ0n) is 11.8. The molecule has 5 nitrogen and oxygen atoms in total. The molecule has 7 heteroatoms. The average molecular weight is 318 g/mol. The first-order valence-electron chi connectivity index (χ1n) is 7.34. The molecular formula is C15H15FN4OS. The van der Waals surface area contributed by atoms with Gasteiger partial charge in [-0.2, -0.15) is 4.39 Å². The third-order valence-corrected chi connectivity index (χ3v) is 5.37. The smallest absolute Gasteiger partial charge is 0.280 e. The lowest BCUT2D eigenvalue weighted by atomic mass is 9.95. The first-order chi connectivity index (χ1) is 10.7. The fourth-order valence-corrected chi connectivity index (χ4v) is 4.06. The van der Waals surface area contributed by atoms with Crippen LogP contribution in [0.2, 0.25) is 0 Å². The predicted molar refractivity (Wildman–Crippen MR) is 81.1 cm³/mol. The number of carbonyl (C=O) groups is 1. The van der Waals surface area contributed by atoms with E-state index < -0.39 is 5.95 Å². The van der Waals surface area contributed by atoms with Gasteiger partial charge in [-0.1, -0.05) is 0 Å². The first-order valence-corrected chi connectivity index (χ1v) is 8.15. The second-order valence-corrected chi connectivity index (χ2v) is 6.79. The molecule has 2 aliphatic heterocycles. The van der Waals surface area contributed by atoms with E-state index in [1.807, 2.05) is 0 Å². The van der Waals surface area contributed by atoms with Crippen LogP contribution in [0.4, 0.5) is 4.39 Å². The number of pyridine rings is 1. The summed E-state index contributed by atoms with van der Waals surface area (Å²) in [5, 5.41) is 7.00. The predicted octanol–water partition coefficient (Wildman–Crippen LogP) is 1.97. The maximum atomic E-state index is 12.8. The highest BCUT2D eigenvalue weighted by atomic mass is 32.1. The summed E-state index contributed by atoms with van der Waals surface area (Å²) < 4.78 is 12.8. The van der Waals surface area contributed by atoms with Gasteiger partial charge in [-0.15, -0.1) is 11.3 Å². The van der Waals surface area contributed by atoms with Crippen LogP contribution in [0, 0.1) is 5.95 Å². The lowest BCUT2D eigenvalue weighted by molar-refractivity contribution is 0.0930. The molecule has 3 atom stereocenters. The van der Waals surface area contributed by atoms with Crippen molar-refractivity contribution >= 4 is 17.2 Å². The molecule has 0 radical (unpaired) electrons. The first kappa shape index (κ1) is 13.8. The van der Waals surface area contributed by atoms with Gasteiger partial charge in [0.15, 0.2) is 5.01 Å². The van der Waals surface area contributed by atoms with E-state index in [0.717, 1.165) is 23.3 Å². The van der Waals surface area contributed by atoms with Gasteiger partial charge in [-0.3, -0.25) is 4.79 Å². The summed E-state index contributed by atoms with van der Waals surface area (Å²) in [7, 11) is 0. The Kier molecular flexibility index (Phi) is 3.38. The Balaban J connectivity index is 1.46. The number of rotatable bonds is 3. The van der Waals surface area contributed by atoms with Crippen molar-refractivity contribution in [3.63, 3.8) is 0 Å². The molecule has 0 saturated carbocycles. The average Bonchev–Trinajstić information content (AvgIpc) is 3.24. The Bertz CT molecular complexity index is 702. The van der Waals surface area contributed by atoms with Crippen LogP contribution in [0.3, 0.4) is 0 Å². The Morgan fingerprint density at radius 3 is 2.91 bits per heavy atom. The quantitative estimate of drug-likeness (QED) is 0.849. The van der Waals surface area contributed by atoms with E-state index in [1.165, 1.54) is 30.0 Å². The van der Waals surface area contributed by atoms with Crippen LogP contribution in [0.5, 0.6) is 0 Å². The molecule has 1 amide bonds. The van der Waals surface area contributed by atoms with Gasteiger partial charge < -0.3 is 10.6 Å². The van der Waals surface area contributed by atoms with Gasteiger partial charge in [0.25, 0.3) is 5.91 Å². The van der Waals surface area contributed by atoms with E-state index >= 15 is 0 Å². The molecule has 2 N–H and O–H groups in total. The van der Waals surface area contributed by atoms with Crippen molar-refractivity contribution in [2.45, 2.75) is 37.4 Å². The molecule has 114 valence electrons. The fraction of sp³-hybridized carbons (Fsp3) is 0.400. The van der Waals surface area contributed by atoms with Crippen molar-refractivity contribution in [3.8, 4) is 10.4 Å². The summed E-state index contributed by atoms with van der Waals surface area (Å²) in [5.74, 6) is -0.652. The summed E-state index contributed by atoms with van der Waals surface area (Å²) in [4.78, 5) is 20.9. The van der Waals surface area contributed by atoms with E-state index in [0.29, 0.717) is 17.1 Å². The van der Waals surface area contributed by atoms with E-state index in [4.69, 9.17) is 0 Å². The van der Waals surface area contributed by atoms with Gasteiger partial charge in [0.2, 0.25) is 5.95 Å². The number of aromatic nitrogens is 2. The largest absolute Gasteiger partial charge is 0.346 e. The van der Waals surface area contributed by atoms with Gasteiger partial charge in [0.05, 0.1) is 4.88 Å². The molecule has 22 heavy (non-hydrogen) atoms. The third kappa shape index (κ3) is 2.50. The highest BCUT2D eigenvalue weighted by Crippen LogP contribution is 2.29. The highest BCUT2D eigenvalue weighted by Gasteiger charge is 2.39. The molecule has 0 aromatic carbocycles. The molecule has 2 bridgehead atoms. The summed E-state index contributed by atoms with van der Waals surface area (Å²) in [5.41, 5.74) is 0.763. The van der Waals surface area contributed by atoms with Crippen molar-refractivity contribution in [1.29, 1.82) is 0 Å². The normalized spacial score (nSPS) is 26.3. The molecule has 2 fully saturated rings. The number of nitrogens with one attached hydrogen (secondary N) is 2. The molecule has 4 rings (SSSR count). The van der Waals surface area contributed by atoms with Crippen LogP contribution in [-0.2, 0) is 0 Å². The minimum absolute atomic E-state index is 0.134. The van der Waals surface area contributed by atoms with Gasteiger partial charge in [0.1, 0.15) is 0 Å². The van der Waals surface area contributed by atoms with Crippen molar-refractivity contribution < 1.29 is 9.18 Å². The summed E-state index contributed by atoms with van der Waals surface area (Å²) in [6, 6.07) is 4.08. The van der Waals surface area contributed by atoms with Crippen LogP contribution < -0.4 is 10.6 Å². The van der Waals surface area contributed by atoms with Crippen molar-refractivity contribution in [3.05, 3.63) is 35.5 Å². The summed E-state index contributed by atoms with van der Waals surface area (Å²) in [6.45, 7) is 0. The van der Waals surface area contributed by atoms with Gasteiger partial charge in [-0.05, 0) is 31.4 Å². The highest BCUT2D eigenvalue weighted by molar-refractivity contribution is 7.16. The Hall–Kier alpha value is -1.86. The molecule has 0 aliphatic carbocycles. The van der Waals surface area contributed by atoms with Gasteiger partial charge in [0, 0.05) is 36.1 Å². The van der Waals surface area contributed by atoms with Crippen LogP contribution in [0.25, 0.3) is 10.4 Å². The van der Waals surface area contributed by atoms with Crippen molar-refractivity contribution in [2.24, 2.45) is 0 Å². The molecule has 2 saturated heterocycles. The Morgan fingerprint density at radius 1 is 1.32 bits per heavy atom. The van der Waals surface area contributed by atoms with Crippen molar-refractivity contribution in [1.82, 2.24) is 20.6 Å². The number of nitrogens with zero attached hydrogens (tertiary/aromatic N) is 2. The zero-order valence-corrected chi connectivity index (χ0v) is 12.6. The monoisotopic (exact) mass is 318 g/mol. The molecule has 2 aromatic heterocycles. The number of hydrogen-bond acceptors (Lipinski definition) is 5. The summed E-state index contributed by atoms with van der Waals surface area (Å²) >= 11 is 1.30. The second-order valence-electron chi connectivity index (χ2n) is 5.76. The van der Waals surface area contributed by atoms with E-state index in [-0.39, 0.29) is 11.9 Å². The topological polar surface area (TPSA) is 66.9 Å². The van der Waals surface area contributed by atoms with Crippen LogP contribution in [0.1, 0.15) is 29.1 Å². The maximum Gasteiger partial charge on any atom is 0.280 e. The number of fused-ring (bicyclic) bond motifs is 2. The third-order valence-electron chi connectivity index (χ3n) is 4.33. The van der Waals surface area contributed by atoms with Gasteiger partial charge >= 0.3 is 0 Å².